The Bertz CT molecular complexity index is 748. The molecule has 2 bridgehead atoms. The molecule has 1 heterocycles. The highest BCUT2D eigenvalue weighted by Gasteiger charge is 2.50. The number of nitrogens with zero attached hydrogens (tertiary/aromatic N) is 1. The number of hydrogen-bond acceptors (Lipinski definition) is 4. The van der Waals surface area contributed by atoms with Gasteiger partial charge in [-0.15, -0.1) is 0 Å². The Morgan fingerprint density at radius 1 is 1.22 bits per heavy atom. The number of carbonyl (C=O) groups is 2. The number of esters is 1. The summed E-state index contributed by atoms with van der Waals surface area (Å²) in [5.74, 6) is -0.0879. The summed E-state index contributed by atoms with van der Waals surface area (Å²) >= 11 is 5.90. The molecule has 1 saturated heterocycles. The van der Waals surface area contributed by atoms with E-state index in [9.17, 15) is 9.59 Å². The Hall–Kier alpha value is -1.75. The Labute approximate surface area is 166 Å². The normalized spacial score (nSPS) is 26.0. The monoisotopic (exact) mass is 393 g/mol. The van der Waals surface area contributed by atoms with Gasteiger partial charge in [-0.2, -0.15) is 0 Å². The van der Waals surface area contributed by atoms with Gasteiger partial charge in [-0.1, -0.05) is 32.4 Å². The fourth-order valence-corrected chi connectivity index (χ4v) is 5.16. The second kappa shape index (κ2) is 7.34. The predicted molar refractivity (Wildman–Crippen MR) is 104 cm³/mol. The fraction of sp³-hybridized carbons (Fsp3) is 0.619. The summed E-state index contributed by atoms with van der Waals surface area (Å²) in [5.41, 5.74) is 1.25. The molecule has 5 nitrogen and oxygen atoms in total. The van der Waals surface area contributed by atoms with Crippen molar-refractivity contribution in [2.75, 3.05) is 19.8 Å². The lowest BCUT2D eigenvalue weighted by atomic mass is 9.65. The van der Waals surface area contributed by atoms with Crippen LogP contribution in [0.1, 0.15) is 45.6 Å². The number of amides is 1. The summed E-state index contributed by atoms with van der Waals surface area (Å²) in [5, 5.41) is 0.612. The van der Waals surface area contributed by atoms with E-state index in [4.69, 9.17) is 21.1 Å². The highest BCUT2D eigenvalue weighted by molar-refractivity contribution is 6.30. The number of hydrogen-bond donors (Lipinski definition) is 0. The lowest BCUT2D eigenvalue weighted by molar-refractivity contribution is -0.154. The smallest absolute Gasteiger partial charge is 0.344 e. The molecule has 0 N–H and O–H groups in total. The number of likely N-dealkylation sites (tertiary alicyclic amines) is 1. The zero-order valence-corrected chi connectivity index (χ0v) is 17.3. The molecule has 1 aliphatic carbocycles. The Kier molecular flexibility index (Phi) is 5.44. The Morgan fingerprint density at radius 2 is 1.96 bits per heavy atom. The molecule has 6 heteroatoms. The maximum Gasteiger partial charge on any atom is 0.344 e. The average Bonchev–Trinajstić information content (AvgIpc) is 2.80. The van der Waals surface area contributed by atoms with Crippen LogP contribution in [0.4, 0.5) is 0 Å². The molecule has 2 aliphatic rings. The summed E-state index contributed by atoms with van der Waals surface area (Å²) in [6.45, 7) is 8.92. The lowest BCUT2D eigenvalue weighted by Gasteiger charge is -2.39. The molecule has 1 aromatic carbocycles. The first kappa shape index (κ1) is 20.0. The summed E-state index contributed by atoms with van der Waals surface area (Å²) in [6.07, 6.45) is 3.16. The molecule has 0 aromatic heterocycles. The van der Waals surface area contributed by atoms with Crippen molar-refractivity contribution in [2.45, 2.75) is 53.0 Å². The molecule has 0 radical (unpaired) electrons. The van der Waals surface area contributed by atoms with E-state index in [-0.39, 0.29) is 36.0 Å². The van der Waals surface area contributed by atoms with Crippen molar-refractivity contribution >= 4 is 23.5 Å². The van der Waals surface area contributed by atoms with Crippen LogP contribution in [0.15, 0.2) is 18.2 Å². The molecule has 1 aromatic rings. The first-order chi connectivity index (χ1) is 12.6. The summed E-state index contributed by atoms with van der Waals surface area (Å²) in [6, 6.07) is 5.42. The average molecular weight is 394 g/mol. The molecule has 1 saturated carbocycles. The van der Waals surface area contributed by atoms with Crippen molar-refractivity contribution in [1.82, 2.24) is 4.90 Å². The van der Waals surface area contributed by atoms with E-state index < -0.39 is 5.97 Å². The number of carbonyl (C=O) groups excluding carboxylic acids is 2. The summed E-state index contributed by atoms with van der Waals surface area (Å²) in [7, 11) is 0. The van der Waals surface area contributed by atoms with Crippen LogP contribution >= 0.6 is 11.6 Å². The first-order valence-electron chi connectivity index (χ1n) is 9.41. The molecule has 2 unspecified atom stereocenters. The number of aryl methyl sites for hydroxylation is 1. The highest BCUT2D eigenvalue weighted by Crippen LogP contribution is 2.52. The van der Waals surface area contributed by atoms with Gasteiger partial charge < -0.3 is 14.4 Å². The minimum absolute atomic E-state index is 0.113. The van der Waals surface area contributed by atoms with E-state index in [0.717, 1.165) is 31.4 Å². The van der Waals surface area contributed by atoms with Crippen molar-refractivity contribution in [3.05, 3.63) is 28.8 Å². The van der Waals surface area contributed by atoms with Gasteiger partial charge >= 0.3 is 5.97 Å². The SMILES string of the molecule is Cc1cc(Cl)ccc1OCC(=O)OCC(=O)N1CC2(C)CC1CC(C)(C)C2. The minimum atomic E-state index is -0.550. The van der Waals surface area contributed by atoms with Crippen LogP contribution in [-0.2, 0) is 14.3 Å². The van der Waals surface area contributed by atoms with E-state index in [1.54, 1.807) is 18.2 Å². The molecule has 27 heavy (non-hydrogen) atoms. The third-order valence-corrected chi connectivity index (χ3v) is 5.81. The van der Waals surface area contributed by atoms with Crippen LogP contribution < -0.4 is 4.74 Å². The van der Waals surface area contributed by atoms with Crippen LogP contribution in [0.2, 0.25) is 5.02 Å². The standard InChI is InChI=1S/C21H28ClNO4/c1-14-7-15(22)5-6-17(14)26-11-19(25)27-10-18(24)23-13-21(4)9-16(23)8-20(2,3)12-21/h5-7,16H,8-13H2,1-4H3. The van der Waals surface area contributed by atoms with E-state index in [2.05, 4.69) is 20.8 Å². The van der Waals surface area contributed by atoms with Crippen LogP contribution in [0.25, 0.3) is 0 Å². The third kappa shape index (κ3) is 4.75. The van der Waals surface area contributed by atoms with Crippen molar-refractivity contribution in [3.63, 3.8) is 0 Å². The Balaban J connectivity index is 1.48. The number of rotatable bonds is 5. The first-order valence-corrected chi connectivity index (χ1v) is 9.79. The fourth-order valence-electron chi connectivity index (χ4n) is 4.93. The van der Waals surface area contributed by atoms with Gasteiger partial charge in [0, 0.05) is 17.6 Å². The van der Waals surface area contributed by atoms with E-state index in [1.807, 2.05) is 11.8 Å². The van der Waals surface area contributed by atoms with Crippen LogP contribution in [0, 0.1) is 17.8 Å². The molecule has 2 atom stereocenters. The second-order valence-corrected chi connectivity index (χ2v) is 9.53. The van der Waals surface area contributed by atoms with E-state index >= 15 is 0 Å². The largest absolute Gasteiger partial charge is 0.482 e. The molecule has 3 rings (SSSR count). The van der Waals surface area contributed by atoms with E-state index in [0.29, 0.717) is 10.8 Å². The van der Waals surface area contributed by atoms with Gasteiger partial charge in [-0.05, 0) is 60.8 Å². The quantitative estimate of drug-likeness (QED) is 0.709. The molecule has 148 valence electrons. The van der Waals surface area contributed by atoms with Gasteiger partial charge in [0.1, 0.15) is 5.75 Å². The number of halogens is 1. The summed E-state index contributed by atoms with van der Waals surface area (Å²) in [4.78, 5) is 26.5. The molecular weight excluding hydrogens is 366 g/mol. The zero-order valence-electron chi connectivity index (χ0n) is 16.5. The van der Waals surface area contributed by atoms with Crippen LogP contribution in [0.5, 0.6) is 5.75 Å². The molecule has 1 aliphatic heterocycles. The van der Waals surface area contributed by atoms with Crippen molar-refractivity contribution in [1.29, 1.82) is 0 Å². The van der Waals surface area contributed by atoms with Gasteiger partial charge in [-0.25, -0.2) is 4.79 Å². The number of fused-ring (bicyclic) bond motifs is 2. The molecule has 0 spiro atoms. The maximum atomic E-state index is 12.6. The van der Waals surface area contributed by atoms with Crippen LogP contribution in [-0.4, -0.2) is 42.6 Å². The zero-order chi connectivity index (χ0) is 19.8. The highest BCUT2D eigenvalue weighted by atomic mass is 35.5. The van der Waals surface area contributed by atoms with Crippen molar-refractivity contribution < 1.29 is 19.1 Å². The van der Waals surface area contributed by atoms with Gasteiger partial charge in [0.15, 0.2) is 13.2 Å². The number of ether oxygens (including phenoxy) is 2. The van der Waals surface area contributed by atoms with Gasteiger partial charge in [0.05, 0.1) is 0 Å². The predicted octanol–water partition coefficient (Wildman–Crippen LogP) is 4.00. The minimum Gasteiger partial charge on any atom is -0.482 e. The lowest BCUT2D eigenvalue weighted by Crippen LogP contribution is -2.40. The molecule has 2 fully saturated rings. The maximum absolute atomic E-state index is 12.6. The van der Waals surface area contributed by atoms with Gasteiger partial charge in [0.25, 0.3) is 5.91 Å². The molecule has 1 amide bonds. The van der Waals surface area contributed by atoms with Gasteiger partial charge in [0.2, 0.25) is 0 Å². The van der Waals surface area contributed by atoms with E-state index in [1.165, 1.54) is 0 Å². The van der Waals surface area contributed by atoms with Gasteiger partial charge in [-0.3, -0.25) is 4.79 Å². The molecular formula is C21H28ClNO4. The number of benzene rings is 1. The third-order valence-electron chi connectivity index (χ3n) is 5.57. The Morgan fingerprint density at radius 3 is 2.67 bits per heavy atom. The summed E-state index contributed by atoms with van der Waals surface area (Å²) < 4.78 is 10.6. The van der Waals surface area contributed by atoms with Crippen molar-refractivity contribution in [2.24, 2.45) is 10.8 Å². The topological polar surface area (TPSA) is 55.8 Å². The van der Waals surface area contributed by atoms with Crippen LogP contribution in [0.3, 0.4) is 0 Å². The second-order valence-electron chi connectivity index (χ2n) is 9.09. The van der Waals surface area contributed by atoms with Crippen molar-refractivity contribution in [3.8, 4) is 5.75 Å².